The molecule has 2 atom stereocenters. The Kier molecular flexibility index (Phi) is 2.28. The van der Waals surface area contributed by atoms with Gasteiger partial charge < -0.3 is 10.4 Å². The predicted molar refractivity (Wildman–Crippen MR) is 85.2 cm³/mol. The van der Waals surface area contributed by atoms with Crippen molar-refractivity contribution in [3.05, 3.63) is 63.6 Å². The van der Waals surface area contributed by atoms with Crippen molar-refractivity contribution in [1.29, 1.82) is 0 Å². The molecule has 0 fully saturated rings. The van der Waals surface area contributed by atoms with E-state index in [1.54, 1.807) is 12.1 Å². The number of nitrogens with one attached hydrogen (secondary N) is 1. The molecule has 0 amide bonds. The van der Waals surface area contributed by atoms with Crippen molar-refractivity contribution in [3.8, 4) is 5.75 Å². The highest BCUT2D eigenvalue weighted by atomic mass is 35.5. The van der Waals surface area contributed by atoms with Crippen molar-refractivity contribution in [1.82, 2.24) is 5.32 Å². The Labute approximate surface area is 135 Å². The summed E-state index contributed by atoms with van der Waals surface area (Å²) in [7, 11) is 0. The van der Waals surface area contributed by atoms with Crippen LogP contribution in [0.1, 0.15) is 40.1 Å². The third-order valence-electron chi connectivity index (χ3n) is 4.56. The molecule has 2 nitrogen and oxygen atoms in total. The lowest BCUT2D eigenvalue weighted by molar-refractivity contribution is 0.432. The first-order valence-electron chi connectivity index (χ1n) is 9.24. The minimum Gasteiger partial charge on any atom is -0.506 e. The van der Waals surface area contributed by atoms with Crippen LogP contribution < -0.4 is 5.32 Å². The van der Waals surface area contributed by atoms with Crippen molar-refractivity contribution in [2.45, 2.75) is 31.2 Å². The van der Waals surface area contributed by atoms with Crippen molar-refractivity contribution in [2.75, 3.05) is 6.54 Å². The van der Waals surface area contributed by atoms with Crippen molar-refractivity contribution in [2.24, 2.45) is 0 Å². The van der Waals surface area contributed by atoms with E-state index in [0.29, 0.717) is 22.6 Å². The van der Waals surface area contributed by atoms with Gasteiger partial charge in [0.05, 0.1) is 10.5 Å². The maximum atomic E-state index is 10.1. The molecule has 0 aromatic heterocycles. The van der Waals surface area contributed by atoms with Gasteiger partial charge in [0.2, 0.25) is 0 Å². The topological polar surface area (TPSA) is 32.3 Å². The Balaban J connectivity index is 2.02. The largest absolute Gasteiger partial charge is 0.506 e. The van der Waals surface area contributed by atoms with Crippen molar-refractivity contribution < 1.29 is 10.6 Å². The van der Waals surface area contributed by atoms with Crippen LogP contribution in [0, 0.1) is 0 Å². The van der Waals surface area contributed by atoms with Gasteiger partial charge in [-0.05, 0) is 60.2 Å². The molecule has 0 unspecified atom stereocenters. The summed E-state index contributed by atoms with van der Waals surface area (Å²) in [6.45, 7) is 0.774. The van der Waals surface area contributed by atoms with E-state index in [2.05, 4.69) is 5.32 Å². The maximum absolute atomic E-state index is 10.1. The number of phenolic OH excluding ortho intramolecular Hbond substituents is 1. The smallest absolute Gasteiger partial charge is 0.134 e. The number of fused-ring (bicyclic) bond motifs is 5. The lowest BCUT2D eigenvalue weighted by atomic mass is 9.75. The van der Waals surface area contributed by atoms with Crippen LogP contribution >= 0.6 is 11.6 Å². The van der Waals surface area contributed by atoms with Gasteiger partial charge in [0.1, 0.15) is 5.75 Å². The Morgan fingerprint density at radius 2 is 2.00 bits per heavy atom. The van der Waals surface area contributed by atoms with Crippen LogP contribution in [0.25, 0.3) is 0 Å². The van der Waals surface area contributed by atoms with Gasteiger partial charge in [0.25, 0.3) is 0 Å². The van der Waals surface area contributed by atoms with Gasteiger partial charge >= 0.3 is 0 Å². The summed E-state index contributed by atoms with van der Waals surface area (Å²) in [5.41, 5.74) is 3.27. The maximum Gasteiger partial charge on any atom is 0.134 e. The first-order valence-corrected chi connectivity index (χ1v) is 7.61. The standard InChI is InChI=1S/C18H18ClNO/c19-15-9-12-7-8-20-16-6-5-11-3-1-2-4-13(11)18(16)14(12)10-17(15)21/h1-4,9-10,16,18,20-21H,5-8H2/t16-,18+/m0/s1/i1D,2D,3D,4D. The van der Waals surface area contributed by atoms with Crippen LogP contribution in [0.2, 0.25) is 5.02 Å². The number of halogens is 1. The molecule has 1 aliphatic carbocycles. The number of rotatable bonds is 0. The summed E-state index contributed by atoms with van der Waals surface area (Å²) < 4.78 is 32.7. The quantitative estimate of drug-likeness (QED) is 0.779. The molecule has 3 heteroatoms. The molecular weight excluding hydrogens is 282 g/mol. The van der Waals surface area contributed by atoms with E-state index in [9.17, 15) is 5.11 Å². The second kappa shape index (κ2) is 5.04. The van der Waals surface area contributed by atoms with Crippen LogP contribution in [0.15, 0.2) is 36.3 Å². The Morgan fingerprint density at radius 1 is 1.14 bits per heavy atom. The molecule has 2 N–H and O–H groups in total. The monoisotopic (exact) mass is 303 g/mol. The van der Waals surface area contributed by atoms with Crippen molar-refractivity contribution in [3.63, 3.8) is 0 Å². The van der Waals surface area contributed by atoms with Gasteiger partial charge in [-0.3, -0.25) is 0 Å². The molecule has 2 aromatic rings. The number of aromatic hydroxyl groups is 1. The van der Waals surface area contributed by atoms with E-state index >= 15 is 0 Å². The number of benzene rings is 2. The average molecular weight is 304 g/mol. The van der Waals surface area contributed by atoms with Crippen LogP contribution in [-0.4, -0.2) is 17.7 Å². The van der Waals surface area contributed by atoms with Crippen LogP contribution in [0.5, 0.6) is 5.75 Å². The predicted octanol–water partition coefficient (Wildman–Crippen LogP) is 3.64. The minimum atomic E-state index is -0.217. The van der Waals surface area contributed by atoms with E-state index in [1.165, 1.54) is 0 Å². The lowest BCUT2D eigenvalue weighted by Gasteiger charge is -2.34. The van der Waals surface area contributed by atoms with Gasteiger partial charge in [0, 0.05) is 12.0 Å². The zero-order valence-corrected chi connectivity index (χ0v) is 12.2. The second-order valence-electron chi connectivity index (χ2n) is 5.72. The minimum absolute atomic E-state index is 0.00836. The summed E-state index contributed by atoms with van der Waals surface area (Å²) in [5, 5.41) is 13.9. The number of phenols is 1. The van der Waals surface area contributed by atoms with Gasteiger partial charge in [-0.2, -0.15) is 0 Å². The highest BCUT2D eigenvalue weighted by Gasteiger charge is 2.33. The molecule has 0 saturated heterocycles. The molecule has 2 aromatic carbocycles. The highest BCUT2D eigenvalue weighted by Crippen LogP contribution is 2.42. The summed E-state index contributed by atoms with van der Waals surface area (Å²) in [6.07, 6.45) is 2.18. The third-order valence-corrected chi connectivity index (χ3v) is 4.86. The fourth-order valence-corrected chi connectivity index (χ4v) is 3.77. The summed E-state index contributed by atoms with van der Waals surface area (Å²) in [5.74, 6) is -0.209. The van der Waals surface area contributed by atoms with Crippen molar-refractivity contribution >= 4 is 11.6 Å². The number of hydrogen-bond donors (Lipinski definition) is 2. The summed E-state index contributed by atoms with van der Waals surface area (Å²) >= 11 is 6.08. The molecular formula is C18H18ClNO. The molecule has 1 aliphatic heterocycles. The first kappa shape index (κ1) is 9.50. The fraction of sp³-hybridized carbons (Fsp3) is 0.333. The zero-order valence-electron chi connectivity index (χ0n) is 15.5. The molecule has 0 saturated carbocycles. The fourth-order valence-electron chi connectivity index (χ4n) is 3.59. The average Bonchev–Trinajstić information content (AvgIpc) is 2.77. The molecule has 1 heterocycles. The number of hydrogen-bond acceptors (Lipinski definition) is 2. The first-order chi connectivity index (χ1) is 11.9. The Hall–Kier alpha value is -1.51. The SMILES string of the molecule is [2H]c1c([2H])c([2H])c2c(c1[2H])CC[C@@H]1NCCc3cc(Cl)c(O)cc3[C@@H]21. The summed E-state index contributed by atoms with van der Waals surface area (Å²) in [6, 6.07) is 3.22. The molecule has 108 valence electrons. The van der Waals surface area contributed by atoms with Crippen LogP contribution in [0.4, 0.5) is 0 Å². The third kappa shape index (κ3) is 2.14. The van der Waals surface area contributed by atoms with Crippen LogP contribution in [-0.2, 0) is 12.8 Å². The second-order valence-corrected chi connectivity index (χ2v) is 6.13. The van der Waals surface area contributed by atoms with E-state index in [4.69, 9.17) is 17.1 Å². The van der Waals surface area contributed by atoms with Gasteiger partial charge in [-0.1, -0.05) is 35.8 Å². The molecule has 0 bridgehead atoms. The summed E-state index contributed by atoms with van der Waals surface area (Å²) in [4.78, 5) is 0. The lowest BCUT2D eigenvalue weighted by Crippen LogP contribution is -2.38. The van der Waals surface area contributed by atoms with Crippen LogP contribution in [0.3, 0.4) is 0 Å². The molecule has 2 aliphatic rings. The van der Waals surface area contributed by atoms with Gasteiger partial charge in [-0.15, -0.1) is 0 Å². The molecule has 21 heavy (non-hydrogen) atoms. The highest BCUT2D eigenvalue weighted by molar-refractivity contribution is 6.32. The normalized spacial score (nSPS) is 26.3. The van der Waals surface area contributed by atoms with E-state index < -0.39 is 0 Å². The Bertz CT molecular complexity index is 886. The van der Waals surface area contributed by atoms with E-state index in [1.807, 2.05) is 0 Å². The zero-order chi connectivity index (χ0) is 17.9. The molecule has 0 radical (unpaired) electrons. The molecule has 0 spiro atoms. The van der Waals surface area contributed by atoms with E-state index in [-0.39, 0.29) is 41.9 Å². The van der Waals surface area contributed by atoms with Gasteiger partial charge in [-0.25, -0.2) is 0 Å². The molecule has 4 rings (SSSR count). The van der Waals surface area contributed by atoms with E-state index in [0.717, 1.165) is 30.5 Å². The van der Waals surface area contributed by atoms with Gasteiger partial charge in [0.15, 0.2) is 0 Å². The Morgan fingerprint density at radius 3 is 2.90 bits per heavy atom.